The van der Waals surface area contributed by atoms with Gasteiger partial charge in [-0.25, -0.2) is 0 Å². The second-order valence-electron chi connectivity index (χ2n) is 4.80. The van der Waals surface area contributed by atoms with E-state index in [2.05, 4.69) is 5.32 Å². The van der Waals surface area contributed by atoms with Crippen molar-refractivity contribution in [3.63, 3.8) is 0 Å². The van der Waals surface area contributed by atoms with Gasteiger partial charge in [0.05, 0.1) is 5.02 Å². The molecule has 4 nitrogen and oxygen atoms in total. The van der Waals surface area contributed by atoms with Crippen LogP contribution in [0, 0.1) is 6.92 Å². The summed E-state index contributed by atoms with van der Waals surface area (Å²) in [5.74, 6) is -0.370. The van der Waals surface area contributed by atoms with Gasteiger partial charge in [0, 0.05) is 16.9 Å². The Morgan fingerprint density at radius 2 is 1.91 bits per heavy atom. The Morgan fingerprint density at radius 3 is 2.59 bits per heavy atom. The number of anilines is 1. The maximum absolute atomic E-state index is 12.4. The molecule has 2 rings (SSSR count). The van der Waals surface area contributed by atoms with Gasteiger partial charge in [-0.05, 0) is 37.6 Å². The lowest BCUT2D eigenvalue weighted by Gasteiger charge is -2.17. The van der Waals surface area contributed by atoms with E-state index in [9.17, 15) is 9.59 Å². The molecule has 1 aromatic heterocycles. The summed E-state index contributed by atoms with van der Waals surface area (Å²) >= 11 is 17.7. The van der Waals surface area contributed by atoms with Gasteiger partial charge in [-0.15, -0.1) is 0 Å². The molecular formula is C15H13Cl3N2O2. The first-order chi connectivity index (χ1) is 10.3. The SMILES string of the molecule is Cc1c(Cl)cccc1NC(=O)C(C)n1cc(Cl)cc(Cl)c1=O. The summed E-state index contributed by atoms with van der Waals surface area (Å²) in [4.78, 5) is 24.4. The van der Waals surface area contributed by atoms with Crippen molar-refractivity contribution in [2.24, 2.45) is 0 Å². The molecule has 1 atom stereocenters. The van der Waals surface area contributed by atoms with Crippen LogP contribution in [-0.4, -0.2) is 10.5 Å². The number of hydrogen-bond donors (Lipinski definition) is 1. The molecule has 0 aliphatic carbocycles. The molecule has 1 heterocycles. The van der Waals surface area contributed by atoms with Gasteiger partial charge in [0.15, 0.2) is 0 Å². The number of rotatable bonds is 3. The molecule has 0 aliphatic heterocycles. The van der Waals surface area contributed by atoms with Crippen molar-refractivity contribution in [1.82, 2.24) is 4.57 Å². The van der Waals surface area contributed by atoms with Crippen LogP contribution in [-0.2, 0) is 4.79 Å². The first kappa shape index (κ1) is 16.9. The molecule has 0 bridgehead atoms. The van der Waals surface area contributed by atoms with Crippen molar-refractivity contribution in [3.8, 4) is 0 Å². The summed E-state index contributed by atoms with van der Waals surface area (Å²) in [6.07, 6.45) is 1.38. The highest BCUT2D eigenvalue weighted by Gasteiger charge is 2.19. The number of halogens is 3. The highest BCUT2D eigenvalue weighted by molar-refractivity contribution is 6.34. The van der Waals surface area contributed by atoms with Gasteiger partial charge in [0.2, 0.25) is 5.91 Å². The zero-order valence-electron chi connectivity index (χ0n) is 11.9. The molecule has 1 aromatic carbocycles. The fourth-order valence-corrected chi connectivity index (χ4v) is 2.59. The molecule has 0 radical (unpaired) electrons. The molecule has 2 aromatic rings. The van der Waals surface area contributed by atoms with Crippen molar-refractivity contribution in [2.75, 3.05) is 5.32 Å². The molecule has 22 heavy (non-hydrogen) atoms. The Labute approximate surface area is 142 Å². The van der Waals surface area contributed by atoms with E-state index in [4.69, 9.17) is 34.8 Å². The number of hydrogen-bond acceptors (Lipinski definition) is 2. The number of nitrogens with zero attached hydrogens (tertiary/aromatic N) is 1. The van der Waals surface area contributed by atoms with E-state index in [1.54, 1.807) is 32.0 Å². The Balaban J connectivity index is 2.30. The van der Waals surface area contributed by atoms with Crippen LogP contribution in [0.3, 0.4) is 0 Å². The molecule has 0 saturated heterocycles. The molecule has 7 heteroatoms. The minimum atomic E-state index is -0.776. The van der Waals surface area contributed by atoms with E-state index in [1.807, 2.05) is 0 Å². The Bertz CT molecular complexity index is 787. The van der Waals surface area contributed by atoms with E-state index in [0.717, 1.165) is 5.56 Å². The molecule has 0 aliphatic rings. The van der Waals surface area contributed by atoms with Crippen LogP contribution < -0.4 is 10.9 Å². The van der Waals surface area contributed by atoms with E-state index in [-0.39, 0.29) is 16.0 Å². The zero-order valence-corrected chi connectivity index (χ0v) is 14.1. The number of benzene rings is 1. The number of aromatic nitrogens is 1. The summed E-state index contributed by atoms with van der Waals surface area (Å²) < 4.78 is 1.19. The monoisotopic (exact) mass is 358 g/mol. The molecular weight excluding hydrogens is 347 g/mol. The molecule has 1 unspecified atom stereocenters. The summed E-state index contributed by atoms with van der Waals surface area (Å²) in [5.41, 5.74) is 0.864. The molecule has 1 amide bonds. The molecule has 0 spiro atoms. The van der Waals surface area contributed by atoms with E-state index >= 15 is 0 Å². The Kier molecular flexibility index (Phi) is 5.16. The molecule has 0 fully saturated rings. The van der Waals surface area contributed by atoms with Crippen molar-refractivity contribution in [1.29, 1.82) is 0 Å². The minimum absolute atomic E-state index is 0.0360. The van der Waals surface area contributed by atoms with Gasteiger partial charge >= 0.3 is 0 Å². The minimum Gasteiger partial charge on any atom is -0.324 e. The van der Waals surface area contributed by atoms with Crippen LogP contribution in [0.15, 0.2) is 35.3 Å². The van der Waals surface area contributed by atoms with Crippen LogP contribution in [0.4, 0.5) is 5.69 Å². The number of nitrogens with one attached hydrogen (secondary N) is 1. The van der Waals surface area contributed by atoms with Crippen molar-refractivity contribution in [3.05, 3.63) is 61.4 Å². The van der Waals surface area contributed by atoms with Gasteiger partial charge in [-0.2, -0.15) is 0 Å². The first-order valence-electron chi connectivity index (χ1n) is 6.44. The predicted molar refractivity (Wildman–Crippen MR) is 90.3 cm³/mol. The average Bonchev–Trinajstić information content (AvgIpc) is 2.46. The normalized spacial score (nSPS) is 12.0. The lowest BCUT2D eigenvalue weighted by Crippen LogP contribution is -2.31. The number of pyridine rings is 1. The van der Waals surface area contributed by atoms with E-state index in [1.165, 1.54) is 16.8 Å². The highest BCUT2D eigenvalue weighted by atomic mass is 35.5. The van der Waals surface area contributed by atoms with Gasteiger partial charge in [0.25, 0.3) is 5.56 Å². The summed E-state index contributed by atoms with van der Waals surface area (Å²) in [5, 5.41) is 3.54. The maximum Gasteiger partial charge on any atom is 0.270 e. The predicted octanol–water partition coefficient (Wildman–Crippen LogP) is 4.32. The standard InChI is InChI=1S/C15H13Cl3N2O2/c1-8-11(17)4-3-5-13(8)19-14(21)9(2)20-7-10(16)6-12(18)15(20)22/h3-7,9H,1-2H3,(H,19,21). The van der Waals surface area contributed by atoms with Crippen LogP contribution in [0.1, 0.15) is 18.5 Å². The Morgan fingerprint density at radius 1 is 1.23 bits per heavy atom. The third-order valence-corrected chi connectivity index (χ3v) is 4.18. The average molecular weight is 360 g/mol. The Hall–Kier alpha value is -1.49. The number of amides is 1. The lowest BCUT2D eigenvalue weighted by atomic mass is 10.2. The topological polar surface area (TPSA) is 51.1 Å². The molecule has 0 saturated carbocycles. The first-order valence-corrected chi connectivity index (χ1v) is 7.58. The third-order valence-electron chi connectivity index (χ3n) is 3.29. The van der Waals surface area contributed by atoms with Crippen LogP contribution in [0.5, 0.6) is 0 Å². The maximum atomic E-state index is 12.4. The van der Waals surface area contributed by atoms with Gasteiger partial charge in [0.1, 0.15) is 11.1 Å². The van der Waals surface area contributed by atoms with Gasteiger partial charge < -0.3 is 9.88 Å². The van der Waals surface area contributed by atoms with Crippen LogP contribution in [0.2, 0.25) is 15.1 Å². The number of carbonyl (C=O) groups is 1. The second kappa shape index (κ2) is 6.73. The fourth-order valence-electron chi connectivity index (χ4n) is 1.93. The smallest absolute Gasteiger partial charge is 0.270 e. The second-order valence-corrected chi connectivity index (χ2v) is 6.05. The summed E-state index contributed by atoms with van der Waals surface area (Å²) in [6.45, 7) is 3.38. The van der Waals surface area contributed by atoms with Crippen molar-refractivity contribution in [2.45, 2.75) is 19.9 Å². The summed E-state index contributed by atoms with van der Waals surface area (Å²) in [6, 6.07) is 5.77. The van der Waals surface area contributed by atoms with Crippen LogP contribution >= 0.6 is 34.8 Å². The molecule has 1 N–H and O–H groups in total. The lowest BCUT2D eigenvalue weighted by molar-refractivity contribution is -0.118. The third kappa shape index (κ3) is 3.46. The fraction of sp³-hybridized carbons (Fsp3) is 0.200. The quantitative estimate of drug-likeness (QED) is 0.887. The van der Waals surface area contributed by atoms with Crippen molar-refractivity contribution >= 4 is 46.4 Å². The van der Waals surface area contributed by atoms with Crippen LogP contribution in [0.25, 0.3) is 0 Å². The highest BCUT2D eigenvalue weighted by Crippen LogP contribution is 2.24. The summed E-state index contributed by atoms with van der Waals surface area (Å²) in [7, 11) is 0. The number of carbonyl (C=O) groups excluding carboxylic acids is 1. The van der Waals surface area contributed by atoms with Gasteiger partial charge in [-0.1, -0.05) is 40.9 Å². The van der Waals surface area contributed by atoms with Gasteiger partial charge in [-0.3, -0.25) is 9.59 Å². The van der Waals surface area contributed by atoms with E-state index in [0.29, 0.717) is 10.7 Å². The van der Waals surface area contributed by atoms with E-state index < -0.39 is 11.6 Å². The largest absolute Gasteiger partial charge is 0.324 e. The zero-order chi connectivity index (χ0) is 16.4. The van der Waals surface area contributed by atoms with Crippen molar-refractivity contribution < 1.29 is 4.79 Å². The molecule has 116 valence electrons.